The molecule has 0 saturated heterocycles. The number of aliphatic hydroxyl groups excluding tert-OH is 1. The molecule has 4 nitrogen and oxygen atoms in total. The van der Waals surface area contributed by atoms with Crippen LogP contribution in [0.5, 0.6) is 0 Å². The lowest BCUT2D eigenvalue weighted by Crippen LogP contribution is -2.32. The SMILES string of the molecule is O=C(NCC(O)c1ccc(Cl)cc1)Nc1ccc(Cl)c(Cl)c1. The van der Waals surface area contributed by atoms with Crippen molar-refractivity contribution in [2.24, 2.45) is 0 Å². The Balaban J connectivity index is 1.86. The van der Waals surface area contributed by atoms with Crippen LogP contribution in [0.4, 0.5) is 10.5 Å². The Morgan fingerprint density at radius 1 is 1.05 bits per heavy atom. The molecule has 0 aliphatic carbocycles. The van der Waals surface area contributed by atoms with Crippen molar-refractivity contribution in [3.05, 3.63) is 63.1 Å². The Morgan fingerprint density at radius 3 is 2.36 bits per heavy atom. The quantitative estimate of drug-likeness (QED) is 0.752. The number of amides is 2. The van der Waals surface area contributed by atoms with Gasteiger partial charge < -0.3 is 15.7 Å². The minimum atomic E-state index is -0.822. The molecule has 0 saturated carbocycles. The van der Waals surface area contributed by atoms with Gasteiger partial charge in [-0.1, -0.05) is 46.9 Å². The number of benzene rings is 2. The molecule has 2 rings (SSSR count). The summed E-state index contributed by atoms with van der Waals surface area (Å²) in [6.45, 7) is 0.0643. The van der Waals surface area contributed by atoms with Crippen molar-refractivity contribution in [2.45, 2.75) is 6.10 Å². The van der Waals surface area contributed by atoms with E-state index in [-0.39, 0.29) is 6.54 Å². The Morgan fingerprint density at radius 2 is 1.73 bits per heavy atom. The van der Waals surface area contributed by atoms with Crippen LogP contribution in [-0.2, 0) is 0 Å². The first-order valence-electron chi connectivity index (χ1n) is 6.39. The van der Waals surface area contributed by atoms with Crippen molar-refractivity contribution in [2.75, 3.05) is 11.9 Å². The lowest BCUT2D eigenvalue weighted by Gasteiger charge is -2.13. The number of rotatable bonds is 4. The van der Waals surface area contributed by atoms with E-state index in [4.69, 9.17) is 34.8 Å². The van der Waals surface area contributed by atoms with E-state index in [0.29, 0.717) is 26.3 Å². The Bertz CT molecular complexity index is 662. The summed E-state index contributed by atoms with van der Waals surface area (Å²) in [6.07, 6.45) is -0.822. The topological polar surface area (TPSA) is 61.4 Å². The van der Waals surface area contributed by atoms with Crippen molar-refractivity contribution < 1.29 is 9.90 Å². The zero-order chi connectivity index (χ0) is 16.1. The maximum absolute atomic E-state index is 11.8. The minimum absolute atomic E-state index is 0.0643. The van der Waals surface area contributed by atoms with Crippen LogP contribution in [0.3, 0.4) is 0 Å². The highest BCUT2D eigenvalue weighted by Gasteiger charge is 2.10. The van der Waals surface area contributed by atoms with Crippen molar-refractivity contribution >= 4 is 46.5 Å². The van der Waals surface area contributed by atoms with Gasteiger partial charge in [-0.2, -0.15) is 0 Å². The van der Waals surface area contributed by atoms with Gasteiger partial charge in [0.2, 0.25) is 0 Å². The number of carbonyl (C=O) groups excluding carboxylic acids is 1. The summed E-state index contributed by atoms with van der Waals surface area (Å²) in [5.41, 5.74) is 1.17. The monoisotopic (exact) mass is 358 g/mol. The Kier molecular flexibility index (Phi) is 5.91. The molecule has 0 aromatic heterocycles. The number of halogens is 3. The normalized spacial score (nSPS) is 11.8. The Labute approximate surface area is 143 Å². The largest absolute Gasteiger partial charge is 0.387 e. The van der Waals surface area contributed by atoms with Gasteiger partial charge in [-0.3, -0.25) is 0 Å². The number of hydrogen-bond donors (Lipinski definition) is 3. The molecule has 0 heterocycles. The molecule has 2 aromatic carbocycles. The third-order valence-corrected chi connectivity index (χ3v) is 3.88. The summed E-state index contributed by atoms with van der Waals surface area (Å²) in [4.78, 5) is 11.8. The van der Waals surface area contributed by atoms with Crippen molar-refractivity contribution in [1.29, 1.82) is 0 Å². The molecular weight excluding hydrogens is 347 g/mol. The molecule has 0 aliphatic heterocycles. The fourth-order valence-electron chi connectivity index (χ4n) is 1.74. The van der Waals surface area contributed by atoms with Gasteiger partial charge in [0.25, 0.3) is 0 Å². The summed E-state index contributed by atoms with van der Waals surface area (Å²) in [7, 11) is 0. The van der Waals surface area contributed by atoms with Crippen molar-refractivity contribution in [3.8, 4) is 0 Å². The fraction of sp³-hybridized carbons (Fsp3) is 0.133. The maximum atomic E-state index is 11.8. The summed E-state index contributed by atoms with van der Waals surface area (Å²) >= 11 is 17.4. The molecular formula is C15H13Cl3N2O2. The van der Waals surface area contributed by atoms with E-state index in [1.54, 1.807) is 42.5 Å². The molecule has 0 bridgehead atoms. The highest BCUT2D eigenvalue weighted by Crippen LogP contribution is 2.24. The van der Waals surface area contributed by atoms with Gasteiger partial charge in [-0.15, -0.1) is 0 Å². The average Bonchev–Trinajstić information content (AvgIpc) is 2.49. The number of carbonyl (C=O) groups is 1. The summed E-state index contributed by atoms with van der Waals surface area (Å²) in [5, 5.41) is 16.5. The summed E-state index contributed by atoms with van der Waals surface area (Å²) in [6, 6.07) is 11.1. The average molecular weight is 360 g/mol. The van der Waals surface area contributed by atoms with Gasteiger partial charge in [-0.05, 0) is 35.9 Å². The van der Waals surface area contributed by atoms with Gasteiger partial charge in [0.15, 0.2) is 0 Å². The molecule has 3 N–H and O–H groups in total. The molecule has 1 atom stereocenters. The van der Waals surface area contributed by atoms with Gasteiger partial charge in [0, 0.05) is 17.3 Å². The van der Waals surface area contributed by atoms with Crippen LogP contribution in [0.1, 0.15) is 11.7 Å². The molecule has 0 fully saturated rings. The zero-order valence-electron chi connectivity index (χ0n) is 11.3. The molecule has 2 aromatic rings. The predicted octanol–water partition coefficient (Wildman–Crippen LogP) is 4.50. The van der Waals surface area contributed by atoms with E-state index in [9.17, 15) is 9.90 Å². The fourth-order valence-corrected chi connectivity index (χ4v) is 2.17. The number of aliphatic hydroxyl groups is 1. The Hall–Kier alpha value is -1.46. The first-order chi connectivity index (χ1) is 10.5. The first-order valence-corrected chi connectivity index (χ1v) is 7.52. The third-order valence-electron chi connectivity index (χ3n) is 2.89. The van der Waals surface area contributed by atoms with Gasteiger partial charge in [0.05, 0.1) is 16.1 Å². The van der Waals surface area contributed by atoms with Crippen LogP contribution < -0.4 is 10.6 Å². The van der Waals surface area contributed by atoms with E-state index in [1.165, 1.54) is 0 Å². The summed E-state index contributed by atoms with van der Waals surface area (Å²) in [5.74, 6) is 0. The zero-order valence-corrected chi connectivity index (χ0v) is 13.6. The van der Waals surface area contributed by atoms with Crippen LogP contribution in [0.2, 0.25) is 15.1 Å². The van der Waals surface area contributed by atoms with Crippen molar-refractivity contribution in [1.82, 2.24) is 5.32 Å². The predicted molar refractivity (Wildman–Crippen MR) is 89.9 cm³/mol. The third kappa shape index (κ3) is 4.78. The molecule has 7 heteroatoms. The molecule has 0 spiro atoms. The van der Waals surface area contributed by atoms with Crippen LogP contribution in [0, 0.1) is 0 Å². The van der Waals surface area contributed by atoms with Gasteiger partial charge in [-0.25, -0.2) is 4.79 Å². The van der Waals surface area contributed by atoms with Crippen LogP contribution >= 0.6 is 34.8 Å². The maximum Gasteiger partial charge on any atom is 0.319 e. The highest BCUT2D eigenvalue weighted by atomic mass is 35.5. The molecule has 116 valence electrons. The number of anilines is 1. The minimum Gasteiger partial charge on any atom is -0.387 e. The smallest absolute Gasteiger partial charge is 0.319 e. The van der Waals surface area contributed by atoms with E-state index in [0.717, 1.165) is 0 Å². The standard InChI is InChI=1S/C15H13Cl3N2O2/c16-10-3-1-9(2-4-10)14(21)8-19-15(22)20-11-5-6-12(17)13(18)7-11/h1-7,14,21H,8H2,(H2,19,20,22). The van der Waals surface area contributed by atoms with Gasteiger partial charge >= 0.3 is 6.03 Å². The highest BCUT2D eigenvalue weighted by molar-refractivity contribution is 6.42. The molecule has 1 unspecified atom stereocenters. The second-order valence-corrected chi connectivity index (χ2v) is 5.78. The van der Waals surface area contributed by atoms with E-state index < -0.39 is 12.1 Å². The van der Waals surface area contributed by atoms with Crippen LogP contribution in [0.25, 0.3) is 0 Å². The van der Waals surface area contributed by atoms with E-state index >= 15 is 0 Å². The molecule has 2 amide bonds. The molecule has 0 radical (unpaired) electrons. The number of urea groups is 1. The van der Waals surface area contributed by atoms with Crippen LogP contribution in [-0.4, -0.2) is 17.7 Å². The van der Waals surface area contributed by atoms with Crippen molar-refractivity contribution in [3.63, 3.8) is 0 Å². The number of nitrogens with one attached hydrogen (secondary N) is 2. The number of hydrogen-bond acceptors (Lipinski definition) is 2. The summed E-state index contributed by atoms with van der Waals surface area (Å²) < 4.78 is 0. The van der Waals surface area contributed by atoms with Gasteiger partial charge in [0.1, 0.15) is 0 Å². The first kappa shape index (κ1) is 16.9. The second kappa shape index (κ2) is 7.70. The lowest BCUT2D eigenvalue weighted by atomic mass is 10.1. The van der Waals surface area contributed by atoms with Crippen LogP contribution in [0.15, 0.2) is 42.5 Å². The van der Waals surface area contributed by atoms with E-state index in [2.05, 4.69) is 10.6 Å². The molecule has 22 heavy (non-hydrogen) atoms. The van der Waals surface area contributed by atoms with E-state index in [1.807, 2.05) is 0 Å². The molecule has 0 aliphatic rings. The lowest BCUT2D eigenvalue weighted by molar-refractivity contribution is 0.175. The second-order valence-electron chi connectivity index (χ2n) is 4.53.